The monoisotopic (exact) mass is 302 g/mol. The molecule has 0 N–H and O–H groups in total. The van der Waals surface area contributed by atoms with E-state index in [2.05, 4.69) is 0 Å². The summed E-state index contributed by atoms with van der Waals surface area (Å²) in [6, 6.07) is 13.1. The van der Waals surface area contributed by atoms with Gasteiger partial charge < -0.3 is 4.90 Å². The van der Waals surface area contributed by atoms with E-state index in [0.29, 0.717) is 12.1 Å². The highest BCUT2D eigenvalue weighted by Crippen LogP contribution is 2.21. The molecule has 5 heteroatoms. The van der Waals surface area contributed by atoms with E-state index in [4.69, 9.17) is 16.9 Å². The van der Waals surface area contributed by atoms with E-state index in [1.54, 1.807) is 25.2 Å². The van der Waals surface area contributed by atoms with Crippen LogP contribution < -0.4 is 0 Å². The maximum Gasteiger partial charge on any atom is 0.255 e. The Morgan fingerprint density at radius 3 is 2.76 bits per heavy atom. The number of rotatable bonds is 3. The normalized spacial score (nSPS) is 10.0. The Labute approximate surface area is 127 Å². The first-order valence-corrected chi connectivity index (χ1v) is 6.59. The molecule has 0 heterocycles. The summed E-state index contributed by atoms with van der Waals surface area (Å²) < 4.78 is 13.4. The van der Waals surface area contributed by atoms with Gasteiger partial charge in [-0.05, 0) is 29.8 Å². The van der Waals surface area contributed by atoms with Gasteiger partial charge in [0.15, 0.2) is 0 Å². The molecule has 0 atom stereocenters. The summed E-state index contributed by atoms with van der Waals surface area (Å²) in [6.07, 6.45) is 0. The Balaban J connectivity index is 2.20. The molecular weight excluding hydrogens is 291 g/mol. The maximum atomic E-state index is 13.4. The number of amides is 1. The fourth-order valence-electron chi connectivity index (χ4n) is 1.96. The molecule has 0 radical (unpaired) electrons. The Morgan fingerprint density at radius 1 is 1.33 bits per heavy atom. The molecule has 3 nitrogen and oxygen atoms in total. The van der Waals surface area contributed by atoms with Crippen LogP contribution in [0.25, 0.3) is 0 Å². The van der Waals surface area contributed by atoms with Gasteiger partial charge in [0.25, 0.3) is 5.91 Å². The first kappa shape index (κ1) is 15.0. The Hall–Kier alpha value is -2.38. The van der Waals surface area contributed by atoms with Gasteiger partial charge in [0.1, 0.15) is 5.82 Å². The van der Waals surface area contributed by atoms with E-state index in [1.807, 2.05) is 12.1 Å². The maximum absolute atomic E-state index is 13.4. The zero-order valence-electron chi connectivity index (χ0n) is 11.3. The number of halogens is 2. The standard InChI is InChI=1S/C16H12ClFN2O/c1-20(10-12-5-2-4-11(8-12)9-19)16(21)13-6-3-7-14(18)15(13)17/h2-8H,10H2,1H3. The number of nitrogens with zero attached hydrogens (tertiary/aromatic N) is 2. The van der Waals surface area contributed by atoms with Crippen molar-refractivity contribution < 1.29 is 9.18 Å². The number of benzene rings is 2. The average molecular weight is 303 g/mol. The van der Waals surface area contributed by atoms with Crippen LogP contribution in [-0.4, -0.2) is 17.9 Å². The second-order valence-electron chi connectivity index (χ2n) is 4.57. The molecule has 0 saturated heterocycles. The highest BCUT2D eigenvalue weighted by Gasteiger charge is 2.17. The molecule has 2 rings (SSSR count). The van der Waals surface area contributed by atoms with Gasteiger partial charge in [0.2, 0.25) is 0 Å². The third-order valence-corrected chi connectivity index (χ3v) is 3.39. The number of hydrogen-bond donors (Lipinski definition) is 0. The molecule has 0 aliphatic heterocycles. The van der Waals surface area contributed by atoms with Crippen LogP contribution in [0.15, 0.2) is 42.5 Å². The van der Waals surface area contributed by atoms with E-state index in [-0.39, 0.29) is 16.5 Å². The summed E-state index contributed by atoms with van der Waals surface area (Å²) in [6.45, 7) is 0.307. The molecule has 21 heavy (non-hydrogen) atoms. The minimum atomic E-state index is -0.623. The van der Waals surface area contributed by atoms with Crippen LogP contribution in [0.1, 0.15) is 21.5 Å². The minimum Gasteiger partial charge on any atom is -0.337 e. The van der Waals surface area contributed by atoms with Gasteiger partial charge in [-0.3, -0.25) is 4.79 Å². The molecule has 1 amide bonds. The highest BCUT2D eigenvalue weighted by atomic mass is 35.5. The third kappa shape index (κ3) is 3.39. The fourth-order valence-corrected chi connectivity index (χ4v) is 2.17. The SMILES string of the molecule is CN(Cc1cccc(C#N)c1)C(=O)c1cccc(F)c1Cl. The Bertz CT molecular complexity index is 724. The van der Waals surface area contributed by atoms with E-state index in [0.717, 1.165) is 5.56 Å². The van der Waals surface area contributed by atoms with Crippen molar-refractivity contribution in [2.45, 2.75) is 6.54 Å². The summed E-state index contributed by atoms with van der Waals surface area (Å²) in [5.41, 5.74) is 1.46. The summed E-state index contributed by atoms with van der Waals surface area (Å²) in [7, 11) is 1.60. The van der Waals surface area contributed by atoms with E-state index in [9.17, 15) is 9.18 Å². The van der Waals surface area contributed by atoms with Crippen molar-refractivity contribution in [3.63, 3.8) is 0 Å². The molecule has 0 fully saturated rings. The quantitative estimate of drug-likeness (QED) is 0.869. The zero-order chi connectivity index (χ0) is 15.4. The Morgan fingerprint density at radius 2 is 2.05 bits per heavy atom. The molecule has 0 aliphatic carbocycles. The molecule has 0 unspecified atom stereocenters. The number of hydrogen-bond acceptors (Lipinski definition) is 2. The van der Waals surface area contributed by atoms with Crippen LogP contribution in [0.3, 0.4) is 0 Å². The summed E-state index contributed by atoms with van der Waals surface area (Å²) in [4.78, 5) is 13.7. The average Bonchev–Trinajstić information content (AvgIpc) is 2.49. The first-order chi connectivity index (χ1) is 10.0. The van der Waals surface area contributed by atoms with Crippen molar-refractivity contribution in [3.8, 4) is 6.07 Å². The number of nitriles is 1. The molecule has 0 aliphatic rings. The van der Waals surface area contributed by atoms with Crippen LogP contribution in [0, 0.1) is 17.1 Å². The molecule has 0 spiro atoms. The van der Waals surface area contributed by atoms with E-state index < -0.39 is 5.82 Å². The van der Waals surface area contributed by atoms with Crippen LogP contribution in [0.5, 0.6) is 0 Å². The first-order valence-electron chi connectivity index (χ1n) is 6.21. The molecule has 2 aromatic carbocycles. The summed E-state index contributed by atoms with van der Waals surface area (Å²) in [5.74, 6) is -0.996. The van der Waals surface area contributed by atoms with Crippen molar-refractivity contribution in [2.75, 3.05) is 7.05 Å². The number of carbonyl (C=O) groups excluding carboxylic acids is 1. The van der Waals surface area contributed by atoms with Crippen molar-refractivity contribution in [1.29, 1.82) is 5.26 Å². The summed E-state index contributed by atoms with van der Waals surface area (Å²) >= 11 is 5.82. The van der Waals surface area contributed by atoms with Crippen LogP contribution in [0.4, 0.5) is 4.39 Å². The second-order valence-corrected chi connectivity index (χ2v) is 4.95. The highest BCUT2D eigenvalue weighted by molar-refractivity contribution is 6.33. The van der Waals surface area contributed by atoms with Gasteiger partial charge in [0.05, 0.1) is 22.2 Å². The van der Waals surface area contributed by atoms with Gasteiger partial charge >= 0.3 is 0 Å². The largest absolute Gasteiger partial charge is 0.337 e. The Kier molecular flexibility index (Phi) is 4.56. The van der Waals surface area contributed by atoms with Gasteiger partial charge in [-0.2, -0.15) is 5.26 Å². The van der Waals surface area contributed by atoms with E-state index >= 15 is 0 Å². The molecule has 0 aromatic heterocycles. The smallest absolute Gasteiger partial charge is 0.255 e. The molecule has 2 aromatic rings. The number of carbonyl (C=O) groups is 1. The lowest BCUT2D eigenvalue weighted by atomic mass is 10.1. The van der Waals surface area contributed by atoms with E-state index in [1.165, 1.54) is 23.1 Å². The van der Waals surface area contributed by atoms with Crippen molar-refractivity contribution in [2.24, 2.45) is 0 Å². The van der Waals surface area contributed by atoms with Crippen molar-refractivity contribution >= 4 is 17.5 Å². The lowest BCUT2D eigenvalue weighted by Gasteiger charge is -2.18. The van der Waals surface area contributed by atoms with Crippen LogP contribution >= 0.6 is 11.6 Å². The second kappa shape index (κ2) is 6.38. The lowest BCUT2D eigenvalue weighted by molar-refractivity contribution is 0.0785. The van der Waals surface area contributed by atoms with Gasteiger partial charge in [0, 0.05) is 13.6 Å². The topological polar surface area (TPSA) is 44.1 Å². The van der Waals surface area contributed by atoms with Crippen LogP contribution in [-0.2, 0) is 6.54 Å². The zero-order valence-corrected chi connectivity index (χ0v) is 12.1. The summed E-state index contributed by atoms with van der Waals surface area (Å²) in [5, 5.41) is 8.68. The third-order valence-electron chi connectivity index (χ3n) is 3.00. The molecule has 0 bridgehead atoms. The molecule has 0 saturated carbocycles. The van der Waals surface area contributed by atoms with Crippen LogP contribution in [0.2, 0.25) is 5.02 Å². The van der Waals surface area contributed by atoms with Gasteiger partial charge in [-0.1, -0.05) is 29.8 Å². The van der Waals surface area contributed by atoms with Crippen molar-refractivity contribution in [3.05, 3.63) is 70.0 Å². The van der Waals surface area contributed by atoms with Crippen molar-refractivity contribution in [1.82, 2.24) is 4.90 Å². The predicted molar refractivity (Wildman–Crippen MR) is 78.4 cm³/mol. The predicted octanol–water partition coefficient (Wildman–Crippen LogP) is 3.62. The van der Waals surface area contributed by atoms with Gasteiger partial charge in [-0.25, -0.2) is 4.39 Å². The molecule has 106 valence electrons. The van der Waals surface area contributed by atoms with Gasteiger partial charge in [-0.15, -0.1) is 0 Å². The lowest BCUT2D eigenvalue weighted by Crippen LogP contribution is -2.26. The molecular formula is C16H12ClFN2O. The minimum absolute atomic E-state index is 0.121. The fraction of sp³-hybridized carbons (Fsp3) is 0.125.